The van der Waals surface area contributed by atoms with E-state index in [4.69, 9.17) is 27.9 Å². The molecule has 0 unspecified atom stereocenters. The fourth-order valence-corrected chi connectivity index (χ4v) is 4.40. The fraction of sp³-hybridized carbons (Fsp3) is 0.240. The van der Waals surface area contributed by atoms with Gasteiger partial charge < -0.3 is 9.64 Å². The minimum Gasteiger partial charge on any atom is -0.482 e. The van der Waals surface area contributed by atoms with E-state index in [1.54, 1.807) is 18.2 Å². The molecule has 3 aromatic carbocycles. The summed E-state index contributed by atoms with van der Waals surface area (Å²) < 4.78 is 5.62. The summed E-state index contributed by atoms with van der Waals surface area (Å²) in [6.07, 6.45) is 0. The van der Waals surface area contributed by atoms with Crippen LogP contribution in [0.1, 0.15) is 17.2 Å². The maximum atomic E-state index is 12.7. The van der Waals surface area contributed by atoms with Gasteiger partial charge in [-0.3, -0.25) is 9.69 Å². The number of ether oxygens (including phenoxy) is 1. The number of rotatable bonds is 6. The summed E-state index contributed by atoms with van der Waals surface area (Å²) in [7, 11) is 0. The Hall–Kier alpha value is -2.24. The number of amides is 1. The minimum atomic E-state index is -0.0401. The molecule has 0 spiro atoms. The van der Waals surface area contributed by atoms with Crippen molar-refractivity contribution in [1.82, 2.24) is 9.80 Å². The van der Waals surface area contributed by atoms with Crippen LogP contribution in [0, 0.1) is 0 Å². The average molecular weight is 492 g/mol. The molecule has 4 rings (SSSR count). The van der Waals surface area contributed by atoms with Gasteiger partial charge in [-0.2, -0.15) is 0 Å². The minimum absolute atomic E-state index is 0. The van der Waals surface area contributed by atoms with Crippen molar-refractivity contribution in [1.29, 1.82) is 0 Å². The molecule has 1 saturated heterocycles. The number of carbonyl (C=O) groups excluding carboxylic acids is 1. The lowest BCUT2D eigenvalue weighted by molar-refractivity contribution is -0.135. The second-order valence-corrected chi connectivity index (χ2v) is 8.35. The standard InChI is InChI=1S/C25H24Cl2N2O2.ClH/c26-21-11-12-23(22(27)17-21)31-18-24(30)28-13-15-29(16-14-28)25(19-7-3-1-4-8-19)20-9-5-2-6-10-20;/h1-12,17,25H,13-16,18H2;1H. The third-order valence-corrected chi connectivity index (χ3v) is 6.04. The molecule has 1 amide bonds. The number of halogens is 3. The summed E-state index contributed by atoms with van der Waals surface area (Å²) in [5, 5.41) is 0.935. The molecule has 0 saturated carbocycles. The average Bonchev–Trinajstić information content (AvgIpc) is 2.80. The number of hydrogen-bond acceptors (Lipinski definition) is 3. The topological polar surface area (TPSA) is 32.8 Å². The molecule has 7 heteroatoms. The number of carbonyl (C=O) groups is 1. The fourth-order valence-electron chi connectivity index (χ4n) is 3.94. The first kappa shape index (κ1) is 24.4. The first-order valence-corrected chi connectivity index (χ1v) is 11.1. The Labute approximate surface area is 205 Å². The van der Waals surface area contributed by atoms with Gasteiger partial charge in [0, 0.05) is 31.2 Å². The van der Waals surface area contributed by atoms with Crippen LogP contribution in [0.25, 0.3) is 0 Å². The highest BCUT2D eigenvalue weighted by molar-refractivity contribution is 6.35. The van der Waals surface area contributed by atoms with Crippen LogP contribution in [0.5, 0.6) is 5.75 Å². The Kier molecular flexibility index (Phi) is 8.83. The third-order valence-electron chi connectivity index (χ3n) is 5.51. The van der Waals surface area contributed by atoms with Crippen molar-refractivity contribution in [3.05, 3.63) is 100 Å². The summed E-state index contributed by atoms with van der Waals surface area (Å²) in [5.74, 6) is 0.424. The summed E-state index contributed by atoms with van der Waals surface area (Å²) in [5.41, 5.74) is 2.52. The van der Waals surface area contributed by atoms with E-state index in [2.05, 4.69) is 53.4 Å². The summed E-state index contributed by atoms with van der Waals surface area (Å²) >= 11 is 12.0. The molecule has 1 aliphatic rings. The molecule has 0 atom stereocenters. The largest absolute Gasteiger partial charge is 0.482 e. The molecule has 0 radical (unpaired) electrons. The van der Waals surface area contributed by atoms with E-state index in [1.807, 2.05) is 17.0 Å². The Bertz CT molecular complexity index is 971. The van der Waals surface area contributed by atoms with Crippen molar-refractivity contribution in [2.24, 2.45) is 0 Å². The van der Waals surface area contributed by atoms with Crippen molar-refractivity contribution >= 4 is 41.5 Å². The van der Waals surface area contributed by atoms with Crippen molar-refractivity contribution in [2.75, 3.05) is 32.8 Å². The van der Waals surface area contributed by atoms with Gasteiger partial charge in [-0.15, -0.1) is 12.4 Å². The van der Waals surface area contributed by atoms with Crippen LogP contribution in [0.2, 0.25) is 10.0 Å². The zero-order valence-corrected chi connectivity index (χ0v) is 19.8. The van der Waals surface area contributed by atoms with Crippen LogP contribution in [0.15, 0.2) is 78.9 Å². The highest BCUT2D eigenvalue weighted by Crippen LogP contribution is 2.30. The maximum absolute atomic E-state index is 12.7. The number of piperazine rings is 1. The molecule has 0 bridgehead atoms. The van der Waals surface area contributed by atoms with Crippen LogP contribution in [-0.4, -0.2) is 48.5 Å². The molecule has 32 heavy (non-hydrogen) atoms. The van der Waals surface area contributed by atoms with Gasteiger partial charge in [0.05, 0.1) is 11.1 Å². The van der Waals surface area contributed by atoms with Gasteiger partial charge in [0.1, 0.15) is 5.75 Å². The lowest BCUT2D eigenvalue weighted by Crippen LogP contribution is -2.51. The highest BCUT2D eigenvalue weighted by Gasteiger charge is 2.28. The SMILES string of the molecule is Cl.O=C(COc1ccc(Cl)cc1Cl)N1CCN(C(c2ccccc2)c2ccccc2)CC1. The van der Waals surface area contributed by atoms with Gasteiger partial charge in [0.25, 0.3) is 5.91 Å². The molecular weight excluding hydrogens is 467 g/mol. The first-order valence-electron chi connectivity index (χ1n) is 10.3. The second-order valence-electron chi connectivity index (χ2n) is 7.50. The molecule has 3 aromatic rings. The van der Waals surface area contributed by atoms with E-state index in [-0.39, 0.29) is 31.0 Å². The van der Waals surface area contributed by atoms with Crippen molar-refractivity contribution < 1.29 is 9.53 Å². The smallest absolute Gasteiger partial charge is 0.260 e. The van der Waals surface area contributed by atoms with E-state index in [9.17, 15) is 4.79 Å². The molecule has 1 aliphatic heterocycles. The monoisotopic (exact) mass is 490 g/mol. The number of hydrogen-bond donors (Lipinski definition) is 0. The first-order chi connectivity index (χ1) is 15.1. The number of benzene rings is 3. The summed E-state index contributed by atoms with van der Waals surface area (Å²) in [4.78, 5) is 17.0. The molecule has 0 N–H and O–H groups in total. The maximum Gasteiger partial charge on any atom is 0.260 e. The molecule has 1 fully saturated rings. The Morgan fingerprint density at radius 1 is 0.844 bits per heavy atom. The van der Waals surface area contributed by atoms with Crippen molar-refractivity contribution in [3.63, 3.8) is 0 Å². The van der Waals surface area contributed by atoms with Gasteiger partial charge in [-0.25, -0.2) is 0 Å². The lowest BCUT2D eigenvalue weighted by Gasteiger charge is -2.39. The van der Waals surface area contributed by atoms with Gasteiger partial charge >= 0.3 is 0 Å². The van der Waals surface area contributed by atoms with Crippen molar-refractivity contribution in [3.8, 4) is 5.75 Å². The molecular formula is C25H25Cl3N2O2. The Morgan fingerprint density at radius 2 is 1.41 bits per heavy atom. The quantitative estimate of drug-likeness (QED) is 0.441. The highest BCUT2D eigenvalue weighted by atomic mass is 35.5. The third kappa shape index (κ3) is 5.96. The van der Waals surface area contributed by atoms with Gasteiger partial charge in [-0.1, -0.05) is 83.9 Å². The van der Waals surface area contributed by atoms with Gasteiger partial charge in [0.2, 0.25) is 0 Å². The van der Waals surface area contributed by atoms with Crippen LogP contribution >= 0.6 is 35.6 Å². The summed E-state index contributed by atoms with van der Waals surface area (Å²) in [6.45, 7) is 2.87. The van der Waals surface area contributed by atoms with E-state index < -0.39 is 0 Å². The van der Waals surface area contributed by atoms with Gasteiger partial charge in [0.15, 0.2) is 6.61 Å². The zero-order valence-electron chi connectivity index (χ0n) is 17.5. The molecule has 1 heterocycles. The molecule has 0 aromatic heterocycles. The van der Waals surface area contributed by atoms with Crippen LogP contribution in [0.3, 0.4) is 0 Å². The van der Waals surface area contributed by atoms with Gasteiger partial charge in [-0.05, 0) is 29.3 Å². The van der Waals surface area contributed by atoms with Crippen LogP contribution < -0.4 is 4.74 Å². The Balaban J connectivity index is 0.00000289. The normalized spacial score (nSPS) is 14.2. The molecule has 0 aliphatic carbocycles. The van der Waals surface area contributed by atoms with E-state index in [1.165, 1.54) is 11.1 Å². The zero-order chi connectivity index (χ0) is 21.6. The predicted molar refractivity (Wildman–Crippen MR) is 132 cm³/mol. The number of nitrogens with zero attached hydrogens (tertiary/aromatic N) is 2. The van der Waals surface area contributed by atoms with E-state index >= 15 is 0 Å². The lowest BCUT2D eigenvalue weighted by atomic mass is 9.96. The predicted octanol–water partition coefficient (Wildman–Crippen LogP) is 5.73. The van der Waals surface area contributed by atoms with Crippen molar-refractivity contribution in [2.45, 2.75) is 6.04 Å². The van der Waals surface area contributed by atoms with Crippen LogP contribution in [-0.2, 0) is 4.79 Å². The molecule has 168 valence electrons. The second kappa shape index (κ2) is 11.6. The molecule has 4 nitrogen and oxygen atoms in total. The van der Waals surface area contributed by atoms with E-state index in [0.717, 1.165) is 13.1 Å². The van der Waals surface area contributed by atoms with Crippen LogP contribution in [0.4, 0.5) is 0 Å². The van der Waals surface area contributed by atoms with E-state index in [0.29, 0.717) is 28.9 Å². The Morgan fingerprint density at radius 3 is 1.94 bits per heavy atom. The summed E-state index contributed by atoms with van der Waals surface area (Å²) in [6, 6.07) is 26.2.